The molecule has 4 rings (SSSR count). The average Bonchev–Trinajstić information content (AvgIpc) is 3.02. The molecule has 166 valence electrons. The molecular weight excluding hydrogens is 413 g/mol. The Hall–Kier alpha value is -3.55. The van der Waals surface area contributed by atoms with Gasteiger partial charge in [-0.3, -0.25) is 24.1 Å². The summed E-state index contributed by atoms with van der Waals surface area (Å²) in [5.41, 5.74) is 1.69. The molecule has 1 N–H and O–H groups in total. The largest absolute Gasteiger partial charge is 0.353 e. The van der Waals surface area contributed by atoms with E-state index in [0.717, 1.165) is 10.5 Å². The second kappa shape index (κ2) is 8.90. The lowest BCUT2D eigenvalue weighted by Gasteiger charge is -2.32. The minimum absolute atomic E-state index is 0.0127. The van der Waals surface area contributed by atoms with Gasteiger partial charge in [-0.25, -0.2) is 4.39 Å². The molecule has 1 fully saturated rings. The van der Waals surface area contributed by atoms with Crippen molar-refractivity contribution in [3.63, 3.8) is 0 Å². The van der Waals surface area contributed by atoms with E-state index in [1.807, 2.05) is 6.92 Å². The predicted molar refractivity (Wildman–Crippen MR) is 115 cm³/mol. The van der Waals surface area contributed by atoms with Gasteiger partial charge in [0.05, 0.1) is 16.7 Å². The highest BCUT2D eigenvalue weighted by molar-refractivity contribution is 6.21. The maximum absolute atomic E-state index is 13.9. The summed E-state index contributed by atoms with van der Waals surface area (Å²) in [6.45, 7) is 2.69. The SMILES string of the molecule is Cc1ccc2c(c1)C(=O)N(CCC(=O)NC1CCN(C(=O)c3ccccc3F)CC1)C2=O. The Kier molecular flexibility index (Phi) is 6.03. The number of likely N-dealkylation sites (tertiary alicyclic amines) is 1. The number of benzene rings is 2. The zero-order chi connectivity index (χ0) is 22.8. The fourth-order valence-corrected chi connectivity index (χ4v) is 4.15. The fourth-order valence-electron chi connectivity index (χ4n) is 4.15. The molecule has 0 radical (unpaired) electrons. The van der Waals surface area contributed by atoms with Crippen molar-refractivity contribution in [2.75, 3.05) is 19.6 Å². The van der Waals surface area contributed by atoms with Gasteiger partial charge in [-0.05, 0) is 44.0 Å². The molecule has 32 heavy (non-hydrogen) atoms. The minimum atomic E-state index is -0.545. The highest BCUT2D eigenvalue weighted by Crippen LogP contribution is 2.24. The Morgan fingerprint density at radius 3 is 2.44 bits per heavy atom. The van der Waals surface area contributed by atoms with Crippen LogP contribution in [0.2, 0.25) is 0 Å². The van der Waals surface area contributed by atoms with E-state index in [9.17, 15) is 23.6 Å². The number of nitrogens with one attached hydrogen (secondary N) is 1. The first kappa shape index (κ1) is 21.7. The van der Waals surface area contributed by atoms with E-state index in [0.29, 0.717) is 37.1 Å². The number of imide groups is 1. The number of rotatable bonds is 5. The number of halogens is 1. The van der Waals surface area contributed by atoms with Crippen LogP contribution in [0.5, 0.6) is 0 Å². The van der Waals surface area contributed by atoms with Gasteiger partial charge < -0.3 is 10.2 Å². The molecule has 7 nitrogen and oxygen atoms in total. The molecule has 4 amide bonds. The Morgan fingerprint density at radius 2 is 1.72 bits per heavy atom. The van der Waals surface area contributed by atoms with Gasteiger partial charge >= 0.3 is 0 Å². The van der Waals surface area contributed by atoms with Gasteiger partial charge in [0.15, 0.2) is 0 Å². The topological polar surface area (TPSA) is 86.8 Å². The van der Waals surface area contributed by atoms with Gasteiger partial charge in [0, 0.05) is 32.1 Å². The molecule has 2 aliphatic heterocycles. The van der Waals surface area contributed by atoms with E-state index < -0.39 is 5.82 Å². The number of amides is 4. The molecule has 2 aromatic carbocycles. The van der Waals surface area contributed by atoms with Crippen molar-refractivity contribution >= 4 is 23.6 Å². The Bertz CT molecular complexity index is 1090. The average molecular weight is 437 g/mol. The molecular formula is C24H24FN3O4. The summed E-state index contributed by atoms with van der Waals surface area (Å²) >= 11 is 0. The summed E-state index contributed by atoms with van der Waals surface area (Å²) < 4.78 is 13.9. The number of hydrogen-bond donors (Lipinski definition) is 1. The van der Waals surface area contributed by atoms with Crippen LogP contribution in [0.3, 0.4) is 0 Å². The fraction of sp³-hybridized carbons (Fsp3) is 0.333. The Labute approximate surface area is 185 Å². The summed E-state index contributed by atoms with van der Waals surface area (Å²) in [5.74, 6) is -1.90. The van der Waals surface area contributed by atoms with Crippen LogP contribution in [0.1, 0.15) is 55.9 Å². The van der Waals surface area contributed by atoms with E-state index in [1.165, 1.54) is 18.2 Å². The van der Waals surface area contributed by atoms with Crippen molar-refractivity contribution in [3.05, 3.63) is 70.5 Å². The van der Waals surface area contributed by atoms with Gasteiger partial charge in [0.2, 0.25) is 5.91 Å². The summed E-state index contributed by atoms with van der Waals surface area (Å²) in [7, 11) is 0. The summed E-state index contributed by atoms with van der Waals surface area (Å²) in [4.78, 5) is 52.6. The molecule has 0 bridgehead atoms. The number of nitrogens with zero attached hydrogens (tertiary/aromatic N) is 2. The van der Waals surface area contributed by atoms with E-state index in [1.54, 1.807) is 29.2 Å². The van der Waals surface area contributed by atoms with Crippen LogP contribution in [-0.2, 0) is 4.79 Å². The lowest BCUT2D eigenvalue weighted by atomic mass is 10.0. The second-order valence-electron chi connectivity index (χ2n) is 8.17. The molecule has 0 unspecified atom stereocenters. The van der Waals surface area contributed by atoms with Gasteiger partial charge in [-0.2, -0.15) is 0 Å². The van der Waals surface area contributed by atoms with Gasteiger partial charge in [-0.15, -0.1) is 0 Å². The number of carbonyl (C=O) groups is 4. The van der Waals surface area contributed by atoms with Gasteiger partial charge in [-0.1, -0.05) is 23.8 Å². The maximum atomic E-state index is 13.9. The first-order chi connectivity index (χ1) is 15.3. The van der Waals surface area contributed by atoms with E-state index in [4.69, 9.17) is 0 Å². The lowest BCUT2D eigenvalue weighted by molar-refractivity contribution is -0.122. The predicted octanol–water partition coefficient (Wildman–Crippen LogP) is 2.54. The van der Waals surface area contributed by atoms with Crippen molar-refractivity contribution in [3.8, 4) is 0 Å². The summed E-state index contributed by atoms with van der Waals surface area (Å²) in [6.07, 6.45) is 1.12. The number of fused-ring (bicyclic) bond motifs is 1. The third-order valence-electron chi connectivity index (χ3n) is 5.94. The van der Waals surface area contributed by atoms with Crippen LogP contribution in [-0.4, -0.2) is 59.1 Å². The molecule has 2 aliphatic rings. The first-order valence-corrected chi connectivity index (χ1v) is 10.6. The molecule has 2 aromatic rings. The zero-order valence-electron chi connectivity index (χ0n) is 17.8. The van der Waals surface area contributed by atoms with Crippen molar-refractivity contribution in [1.82, 2.24) is 15.1 Å². The third-order valence-corrected chi connectivity index (χ3v) is 5.94. The van der Waals surface area contributed by atoms with Crippen LogP contribution in [0, 0.1) is 12.7 Å². The summed E-state index contributed by atoms with van der Waals surface area (Å²) in [5, 5.41) is 2.91. The lowest BCUT2D eigenvalue weighted by Crippen LogP contribution is -2.47. The van der Waals surface area contributed by atoms with Gasteiger partial charge in [0.25, 0.3) is 17.7 Å². The molecule has 1 saturated heterocycles. The maximum Gasteiger partial charge on any atom is 0.261 e. The third kappa shape index (κ3) is 4.26. The summed E-state index contributed by atoms with van der Waals surface area (Å²) in [6, 6.07) is 10.9. The molecule has 0 aliphatic carbocycles. The highest BCUT2D eigenvalue weighted by atomic mass is 19.1. The van der Waals surface area contributed by atoms with Crippen molar-refractivity contribution in [1.29, 1.82) is 0 Å². The standard InChI is InChI=1S/C24H24FN3O4/c1-15-6-7-17-19(14-15)24(32)28(23(17)31)13-10-21(29)26-16-8-11-27(12-9-16)22(30)18-4-2-3-5-20(18)25/h2-7,14,16H,8-13H2,1H3,(H,26,29). The minimum Gasteiger partial charge on any atom is -0.353 e. The smallest absolute Gasteiger partial charge is 0.261 e. The Morgan fingerprint density at radius 1 is 1.03 bits per heavy atom. The molecule has 8 heteroatoms. The second-order valence-corrected chi connectivity index (χ2v) is 8.17. The quantitative estimate of drug-likeness (QED) is 0.729. The van der Waals surface area contributed by atoms with E-state index in [2.05, 4.69) is 5.32 Å². The van der Waals surface area contributed by atoms with Crippen molar-refractivity contribution < 1.29 is 23.6 Å². The Balaban J connectivity index is 1.26. The van der Waals surface area contributed by atoms with E-state index >= 15 is 0 Å². The van der Waals surface area contributed by atoms with Crippen molar-refractivity contribution in [2.45, 2.75) is 32.2 Å². The molecule has 0 aromatic heterocycles. The zero-order valence-corrected chi connectivity index (χ0v) is 17.8. The number of aryl methyl sites for hydroxylation is 1. The van der Waals surface area contributed by atoms with Crippen LogP contribution in [0.15, 0.2) is 42.5 Å². The molecule has 0 saturated carbocycles. The number of hydrogen-bond acceptors (Lipinski definition) is 4. The monoisotopic (exact) mass is 437 g/mol. The molecule has 0 atom stereocenters. The van der Waals surface area contributed by atoms with Gasteiger partial charge in [0.1, 0.15) is 5.82 Å². The van der Waals surface area contributed by atoms with Crippen LogP contribution < -0.4 is 5.32 Å². The number of carbonyl (C=O) groups excluding carboxylic acids is 4. The van der Waals surface area contributed by atoms with E-state index in [-0.39, 0.29) is 48.2 Å². The normalized spacial score (nSPS) is 16.3. The first-order valence-electron chi connectivity index (χ1n) is 10.6. The number of piperidine rings is 1. The van der Waals surface area contributed by atoms with Crippen LogP contribution in [0.25, 0.3) is 0 Å². The van der Waals surface area contributed by atoms with Crippen LogP contribution >= 0.6 is 0 Å². The van der Waals surface area contributed by atoms with Crippen molar-refractivity contribution in [2.24, 2.45) is 0 Å². The molecule has 2 heterocycles. The van der Waals surface area contributed by atoms with Crippen LogP contribution in [0.4, 0.5) is 4.39 Å². The molecule has 0 spiro atoms. The highest BCUT2D eigenvalue weighted by Gasteiger charge is 2.35.